The normalized spacial score (nSPS) is 14.4. The van der Waals surface area contributed by atoms with Crippen LogP contribution in [0, 0.1) is 6.92 Å². The minimum Gasteiger partial charge on any atom is -0.311 e. The lowest BCUT2D eigenvalue weighted by Gasteiger charge is -2.49. The number of aryl methyl sites for hydroxylation is 1. The van der Waals surface area contributed by atoms with Crippen molar-refractivity contribution in [1.82, 2.24) is 0 Å². The molecule has 0 amide bonds. The highest BCUT2D eigenvalue weighted by Gasteiger charge is 2.60. The van der Waals surface area contributed by atoms with Crippen LogP contribution in [0.3, 0.4) is 0 Å². The maximum Gasteiger partial charge on any atom is 0.264 e. The Morgan fingerprint density at radius 3 is 1.56 bits per heavy atom. The summed E-state index contributed by atoms with van der Waals surface area (Å²) in [4.78, 5) is 6.58. The maximum atomic E-state index is 2.64. The summed E-state index contributed by atoms with van der Waals surface area (Å²) in [5.74, 6) is 0.379. The molecule has 11 aromatic carbocycles. The van der Waals surface area contributed by atoms with Crippen LogP contribution in [0.2, 0.25) is 0 Å². The fourth-order valence-corrected chi connectivity index (χ4v) is 16.4. The second-order valence-electron chi connectivity index (χ2n) is 22.5. The van der Waals surface area contributed by atoms with Crippen LogP contribution in [-0.4, -0.2) is 6.71 Å². The van der Waals surface area contributed by atoms with E-state index in [1.807, 2.05) is 0 Å². The average molecular weight is 1040 g/mol. The van der Waals surface area contributed by atoms with Gasteiger partial charge in [0.2, 0.25) is 0 Å². The third kappa shape index (κ3) is 6.43. The van der Waals surface area contributed by atoms with Gasteiger partial charge in [-0.15, -0.1) is 11.3 Å². The third-order valence-electron chi connectivity index (χ3n) is 18.0. The van der Waals surface area contributed by atoms with E-state index in [4.69, 9.17) is 0 Å². The lowest BCUT2D eigenvalue weighted by molar-refractivity contribution is 0.629. The van der Waals surface area contributed by atoms with Gasteiger partial charge in [0, 0.05) is 43.7 Å². The molecular formula is C76H55BN2S. The van der Waals surface area contributed by atoms with Crippen LogP contribution in [-0.2, 0) is 10.8 Å². The van der Waals surface area contributed by atoms with Gasteiger partial charge in [0.1, 0.15) is 0 Å². The summed E-state index contributed by atoms with van der Waals surface area (Å²) in [6.07, 6.45) is 0. The van der Waals surface area contributed by atoms with Gasteiger partial charge >= 0.3 is 0 Å². The van der Waals surface area contributed by atoms with Crippen molar-refractivity contribution in [3.8, 4) is 33.4 Å². The second kappa shape index (κ2) is 17.9. The van der Waals surface area contributed by atoms with Gasteiger partial charge in [-0.25, -0.2) is 0 Å². The minimum atomic E-state index is -0.644. The highest BCUT2D eigenvalue weighted by molar-refractivity contribution is 7.30. The lowest BCUT2D eigenvalue weighted by Crippen LogP contribution is -2.60. The van der Waals surface area contributed by atoms with Gasteiger partial charge in [-0.2, -0.15) is 0 Å². The van der Waals surface area contributed by atoms with Gasteiger partial charge in [-0.1, -0.05) is 250 Å². The largest absolute Gasteiger partial charge is 0.311 e. The molecule has 4 heteroatoms. The summed E-state index contributed by atoms with van der Waals surface area (Å²) in [5.41, 5.74) is 27.9. The molecule has 2 aliphatic carbocycles. The molecule has 80 heavy (non-hydrogen) atoms. The van der Waals surface area contributed by atoms with E-state index in [0.717, 1.165) is 11.4 Å². The molecule has 16 rings (SSSR count). The number of hydrogen-bond donors (Lipinski definition) is 0. The summed E-state index contributed by atoms with van der Waals surface area (Å²) >= 11 is 2.05. The molecule has 2 nitrogen and oxygen atoms in total. The molecule has 0 saturated carbocycles. The monoisotopic (exact) mass is 1040 g/mol. The molecule has 0 saturated heterocycles. The SMILES string of the molecule is Cc1ccc(N2c3cccc4c3B(c3ccc(-c5cc(C(C)C)ccc5-c5ccccc5)cc3N4c3ccccc3)c3sc4c(c32)-c2ccccc2C42c3ccccc3C(c3ccccc3)(c3ccccc3)c3ccccc32)cc1. The molecule has 2 aliphatic heterocycles. The number of anilines is 6. The number of fused-ring (bicyclic) bond motifs is 14. The van der Waals surface area contributed by atoms with Crippen molar-refractivity contribution in [3.63, 3.8) is 0 Å². The standard InChI is InChI=1S/C76H55BN2S/c1-49(2)52-41-45-58(51-23-8-4-9-24-51)60(47-52)53-42-46-66-69(48-53)78(56-29-14-7-15-30-56)67-37-22-38-68-71(67)77(66)74-72(79(68)57-43-39-50(3)40-44-57)70-59-31-16-17-32-61(59)76(73(70)80-74)64-35-20-18-33-62(64)75(54-25-10-5-11-26-54,55-27-12-6-13-28-55)63-34-19-21-36-65(63)76/h4-49H,1-3H3. The van der Waals surface area contributed by atoms with E-state index in [0.29, 0.717) is 5.92 Å². The molecule has 378 valence electrons. The Labute approximate surface area is 473 Å². The molecule has 4 aliphatic rings. The van der Waals surface area contributed by atoms with Gasteiger partial charge < -0.3 is 9.80 Å². The van der Waals surface area contributed by atoms with Gasteiger partial charge in [0.25, 0.3) is 6.71 Å². The molecule has 0 fully saturated rings. The Hall–Kier alpha value is -9.22. The Morgan fingerprint density at radius 1 is 0.400 bits per heavy atom. The minimum absolute atomic E-state index is 0.0703. The van der Waals surface area contributed by atoms with Crippen LogP contribution in [0.25, 0.3) is 33.4 Å². The first kappa shape index (κ1) is 46.8. The molecule has 0 radical (unpaired) electrons. The molecule has 3 heterocycles. The average Bonchev–Trinajstić information content (AvgIpc) is 2.79. The Balaban J connectivity index is 1.02. The van der Waals surface area contributed by atoms with E-state index in [9.17, 15) is 0 Å². The van der Waals surface area contributed by atoms with E-state index in [-0.39, 0.29) is 6.71 Å². The van der Waals surface area contributed by atoms with E-state index in [1.165, 1.54) is 127 Å². The van der Waals surface area contributed by atoms with Crippen molar-refractivity contribution in [2.24, 2.45) is 0 Å². The van der Waals surface area contributed by atoms with Gasteiger partial charge in [0.05, 0.1) is 16.5 Å². The van der Waals surface area contributed by atoms with E-state index in [2.05, 4.69) is 315 Å². The zero-order valence-electron chi connectivity index (χ0n) is 44.9. The highest BCUT2D eigenvalue weighted by Crippen LogP contribution is 2.68. The zero-order valence-corrected chi connectivity index (χ0v) is 45.8. The fourth-order valence-electron chi connectivity index (χ4n) is 14.7. The van der Waals surface area contributed by atoms with Crippen molar-refractivity contribution >= 4 is 67.9 Å². The number of hydrogen-bond acceptors (Lipinski definition) is 3. The molecule has 1 spiro atoms. The Morgan fingerprint density at radius 2 is 0.938 bits per heavy atom. The van der Waals surface area contributed by atoms with Crippen LogP contribution in [0.5, 0.6) is 0 Å². The maximum absolute atomic E-state index is 2.64. The highest BCUT2D eigenvalue weighted by atomic mass is 32.1. The number of rotatable bonds is 7. The molecule has 0 unspecified atom stereocenters. The molecule has 0 atom stereocenters. The molecule has 1 aromatic heterocycles. The van der Waals surface area contributed by atoms with Crippen LogP contribution in [0.15, 0.2) is 273 Å². The van der Waals surface area contributed by atoms with Crippen LogP contribution in [0.1, 0.15) is 74.7 Å². The van der Waals surface area contributed by atoms with Gasteiger partial charge in [0.15, 0.2) is 0 Å². The summed E-state index contributed by atoms with van der Waals surface area (Å²) in [6.45, 7) is 6.73. The summed E-state index contributed by atoms with van der Waals surface area (Å²) in [5, 5.41) is 0. The van der Waals surface area contributed by atoms with Crippen LogP contribution < -0.4 is 25.5 Å². The van der Waals surface area contributed by atoms with Gasteiger partial charge in [-0.3, -0.25) is 0 Å². The topological polar surface area (TPSA) is 6.48 Å². The molecule has 0 bridgehead atoms. The number of para-hydroxylation sites is 1. The number of benzene rings is 11. The quantitative estimate of drug-likeness (QED) is 0.147. The number of thiophene rings is 1. The first-order valence-electron chi connectivity index (χ1n) is 28.2. The first-order valence-corrected chi connectivity index (χ1v) is 29.0. The summed E-state index contributed by atoms with van der Waals surface area (Å²) in [6, 6.07) is 104. The Bertz CT molecular complexity index is 4320. The molecule has 0 N–H and O–H groups in total. The van der Waals surface area contributed by atoms with Crippen LogP contribution >= 0.6 is 11.3 Å². The van der Waals surface area contributed by atoms with Crippen molar-refractivity contribution in [2.75, 3.05) is 9.80 Å². The zero-order chi connectivity index (χ0) is 53.3. The van der Waals surface area contributed by atoms with Gasteiger partial charge in [-0.05, 0) is 139 Å². The van der Waals surface area contributed by atoms with E-state index >= 15 is 0 Å². The molecular weight excluding hydrogens is 984 g/mol. The summed E-state index contributed by atoms with van der Waals surface area (Å²) in [7, 11) is 0. The predicted octanol–water partition coefficient (Wildman–Crippen LogP) is 17.7. The second-order valence-corrected chi connectivity index (χ2v) is 23.5. The number of nitrogens with zero attached hydrogens (tertiary/aromatic N) is 2. The van der Waals surface area contributed by atoms with Crippen molar-refractivity contribution in [2.45, 2.75) is 37.5 Å². The smallest absolute Gasteiger partial charge is 0.264 e. The Kier molecular flexibility index (Phi) is 10.5. The van der Waals surface area contributed by atoms with E-state index < -0.39 is 10.8 Å². The third-order valence-corrected chi connectivity index (χ3v) is 19.4. The fraction of sp³-hybridized carbons (Fsp3) is 0.0789. The van der Waals surface area contributed by atoms with Crippen molar-refractivity contribution in [1.29, 1.82) is 0 Å². The predicted molar refractivity (Wildman–Crippen MR) is 337 cm³/mol. The van der Waals surface area contributed by atoms with E-state index in [1.54, 1.807) is 0 Å². The van der Waals surface area contributed by atoms with Crippen molar-refractivity contribution < 1.29 is 0 Å². The molecule has 12 aromatic rings. The first-order chi connectivity index (χ1) is 39.5. The van der Waals surface area contributed by atoms with Crippen molar-refractivity contribution in [3.05, 3.63) is 328 Å². The summed E-state index contributed by atoms with van der Waals surface area (Å²) < 4.78 is 1.37. The lowest BCUT2D eigenvalue weighted by atomic mass is 9.36. The van der Waals surface area contributed by atoms with Crippen LogP contribution in [0.4, 0.5) is 34.1 Å².